The molecule has 0 fully saturated rings. The molecular formula is C13H26N4. The number of nitrogens with one attached hydrogen (secondary N) is 1. The van der Waals surface area contributed by atoms with E-state index < -0.39 is 0 Å². The predicted octanol–water partition coefficient (Wildman–Crippen LogP) is 2.40. The summed E-state index contributed by atoms with van der Waals surface area (Å²) in [6, 6.07) is 0.609. The van der Waals surface area contributed by atoms with Crippen molar-refractivity contribution in [1.29, 1.82) is 0 Å². The van der Waals surface area contributed by atoms with Crippen molar-refractivity contribution in [3.8, 4) is 0 Å². The number of rotatable bonds is 9. The number of aromatic nitrogens is 3. The zero-order valence-electron chi connectivity index (χ0n) is 11.4. The Hall–Kier alpha value is -0.900. The Morgan fingerprint density at radius 1 is 1.35 bits per heavy atom. The Balaban J connectivity index is 2.23. The standard InChI is InChI=1S/C13H26N4/c1-4-9-14-12(3)7-6-8-13-15-11-16-17(13)10-5-2/h11-12,14H,4-10H2,1-3H3. The van der Waals surface area contributed by atoms with Crippen LogP contribution in [0.2, 0.25) is 0 Å². The fourth-order valence-corrected chi connectivity index (χ4v) is 1.94. The van der Waals surface area contributed by atoms with Crippen molar-refractivity contribution in [2.24, 2.45) is 0 Å². The van der Waals surface area contributed by atoms with Crippen LogP contribution in [-0.4, -0.2) is 27.4 Å². The lowest BCUT2D eigenvalue weighted by Crippen LogP contribution is -2.26. The summed E-state index contributed by atoms with van der Waals surface area (Å²) in [5.41, 5.74) is 0. The molecule has 0 bridgehead atoms. The van der Waals surface area contributed by atoms with Gasteiger partial charge >= 0.3 is 0 Å². The highest BCUT2D eigenvalue weighted by atomic mass is 15.3. The Bertz CT molecular complexity index is 295. The van der Waals surface area contributed by atoms with Crippen molar-refractivity contribution >= 4 is 0 Å². The first-order valence-corrected chi connectivity index (χ1v) is 6.88. The minimum atomic E-state index is 0.609. The molecule has 98 valence electrons. The molecule has 0 saturated carbocycles. The zero-order chi connectivity index (χ0) is 12.5. The van der Waals surface area contributed by atoms with Gasteiger partial charge in [-0.2, -0.15) is 5.10 Å². The van der Waals surface area contributed by atoms with E-state index in [2.05, 4.69) is 36.2 Å². The summed E-state index contributed by atoms with van der Waals surface area (Å²) in [6.45, 7) is 8.73. The van der Waals surface area contributed by atoms with Crippen LogP contribution >= 0.6 is 0 Å². The van der Waals surface area contributed by atoms with Crippen molar-refractivity contribution in [3.63, 3.8) is 0 Å². The molecule has 0 saturated heterocycles. The van der Waals surface area contributed by atoms with Crippen LogP contribution < -0.4 is 5.32 Å². The second kappa shape index (κ2) is 8.23. The third-order valence-electron chi connectivity index (χ3n) is 2.91. The van der Waals surface area contributed by atoms with Gasteiger partial charge in [0.25, 0.3) is 0 Å². The first-order chi connectivity index (χ1) is 8.27. The van der Waals surface area contributed by atoms with Crippen molar-refractivity contribution in [2.45, 2.75) is 65.5 Å². The number of hydrogen-bond acceptors (Lipinski definition) is 3. The highest BCUT2D eigenvalue weighted by Gasteiger charge is 2.05. The van der Waals surface area contributed by atoms with E-state index in [9.17, 15) is 0 Å². The monoisotopic (exact) mass is 238 g/mol. The molecule has 1 aromatic heterocycles. The Morgan fingerprint density at radius 2 is 2.18 bits per heavy atom. The minimum Gasteiger partial charge on any atom is -0.314 e. The maximum atomic E-state index is 4.33. The van der Waals surface area contributed by atoms with E-state index in [1.54, 1.807) is 6.33 Å². The van der Waals surface area contributed by atoms with Gasteiger partial charge < -0.3 is 5.32 Å². The zero-order valence-corrected chi connectivity index (χ0v) is 11.4. The van der Waals surface area contributed by atoms with Crippen LogP contribution in [0.4, 0.5) is 0 Å². The van der Waals surface area contributed by atoms with Gasteiger partial charge in [0.1, 0.15) is 12.2 Å². The second-order valence-electron chi connectivity index (χ2n) is 4.65. The molecule has 0 aliphatic carbocycles. The normalized spacial score (nSPS) is 12.9. The molecule has 0 amide bonds. The van der Waals surface area contributed by atoms with E-state index in [0.29, 0.717) is 6.04 Å². The van der Waals surface area contributed by atoms with Crippen LogP contribution in [0.25, 0.3) is 0 Å². The summed E-state index contributed by atoms with van der Waals surface area (Å²) in [6.07, 6.45) is 7.42. The van der Waals surface area contributed by atoms with Crippen LogP contribution in [0.5, 0.6) is 0 Å². The first kappa shape index (κ1) is 14.2. The summed E-state index contributed by atoms with van der Waals surface area (Å²) < 4.78 is 2.03. The summed E-state index contributed by atoms with van der Waals surface area (Å²) in [5, 5.41) is 7.75. The van der Waals surface area contributed by atoms with E-state index in [1.165, 1.54) is 19.3 Å². The lowest BCUT2D eigenvalue weighted by Gasteiger charge is -2.12. The third-order valence-corrected chi connectivity index (χ3v) is 2.91. The maximum absolute atomic E-state index is 4.33. The Kier molecular flexibility index (Phi) is 6.86. The van der Waals surface area contributed by atoms with Crippen LogP contribution in [-0.2, 0) is 13.0 Å². The molecule has 1 aromatic rings. The molecule has 0 aliphatic rings. The molecule has 0 aromatic carbocycles. The molecule has 1 heterocycles. The van der Waals surface area contributed by atoms with Crippen LogP contribution in [0.3, 0.4) is 0 Å². The molecule has 1 N–H and O–H groups in total. The van der Waals surface area contributed by atoms with Gasteiger partial charge in [-0.15, -0.1) is 0 Å². The molecule has 1 unspecified atom stereocenters. The van der Waals surface area contributed by atoms with Gasteiger partial charge in [-0.05, 0) is 39.2 Å². The van der Waals surface area contributed by atoms with E-state index >= 15 is 0 Å². The highest BCUT2D eigenvalue weighted by Crippen LogP contribution is 2.05. The molecule has 0 aliphatic heterocycles. The van der Waals surface area contributed by atoms with Crippen molar-refractivity contribution < 1.29 is 0 Å². The van der Waals surface area contributed by atoms with Crippen molar-refractivity contribution in [1.82, 2.24) is 20.1 Å². The van der Waals surface area contributed by atoms with Crippen molar-refractivity contribution in [2.75, 3.05) is 6.54 Å². The molecule has 1 atom stereocenters. The average Bonchev–Trinajstić information content (AvgIpc) is 2.75. The van der Waals surface area contributed by atoms with Crippen LogP contribution in [0.15, 0.2) is 6.33 Å². The van der Waals surface area contributed by atoms with Gasteiger partial charge in [-0.1, -0.05) is 13.8 Å². The molecule has 0 spiro atoms. The summed E-state index contributed by atoms with van der Waals surface area (Å²) in [7, 11) is 0. The maximum Gasteiger partial charge on any atom is 0.138 e. The van der Waals surface area contributed by atoms with Gasteiger partial charge in [0.2, 0.25) is 0 Å². The van der Waals surface area contributed by atoms with Gasteiger partial charge in [-0.25, -0.2) is 4.98 Å². The Morgan fingerprint density at radius 3 is 2.88 bits per heavy atom. The third kappa shape index (κ3) is 5.31. The van der Waals surface area contributed by atoms with Gasteiger partial charge in [0, 0.05) is 19.0 Å². The molecule has 4 nitrogen and oxygen atoms in total. The van der Waals surface area contributed by atoms with Crippen molar-refractivity contribution in [3.05, 3.63) is 12.2 Å². The Labute approximate surface area is 105 Å². The first-order valence-electron chi connectivity index (χ1n) is 6.88. The lowest BCUT2D eigenvalue weighted by molar-refractivity contribution is 0.486. The van der Waals surface area contributed by atoms with E-state index in [0.717, 1.165) is 31.8 Å². The molecule has 0 radical (unpaired) electrons. The lowest BCUT2D eigenvalue weighted by atomic mass is 10.1. The van der Waals surface area contributed by atoms with Gasteiger partial charge in [0.05, 0.1) is 0 Å². The number of hydrogen-bond donors (Lipinski definition) is 1. The minimum absolute atomic E-state index is 0.609. The summed E-state index contributed by atoms with van der Waals surface area (Å²) in [5.74, 6) is 1.13. The molecular weight excluding hydrogens is 212 g/mol. The molecule has 4 heteroatoms. The average molecular weight is 238 g/mol. The number of aryl methyl sites for hydroxylation is 2. The largest absolute Gasteiger partial charge is 0.314 e. The number of nitrogens with zero attached hydrogens (tertiary/aromatic N) is 3. The van der Waals surface area contributed by atoms with Gasteiger partial charge in [-0.3, -0.25) is 4.68 Å². The van der Waals surface area contributed by atoms with E-state index in [-0.39, 0.29) is 0 Å². The quantitative estimate of drug-likeness (QED) is 0.718. The fourth-order valence-electron chi connectivity index (χ4n) is 1.94. The smallest absolute Gasteiger partial charge is 0.138 e. The predicted molar refractivity (Wildman–Crippen MR) is 71.0 cm³/mol. The second-order valence-corrected chi connectivity index (χ2v) is 4.65. The van der Waals surface area contributed by atoms with Crippen LogP contribution in [0, 0.1) is 0 Å². The van der Waals surface area contributed by atoms with E-state index in [1.807, 2.05) is 4.68 Å². The fraction of sp³-hybridized carbons (Fsp3) is 0.846. The summed E-state index contributed by atoms with van der Waals surface area (Å²) >= 11 is 0. The topological polar surface area (TPSA) is 42.7 Å². The molecule has 17 heavy (non-hydrogen) atoms. The highest BCUT2D eigenvalue weighted by molar-refractivity contribution is 4.84. The van der Waals surface area contributed by atoms with E-state index in [4.69, 9.17) is 0 Å². The van der Waals surface area contributed by atoms with Crippen LogP contribution in [0.1, 0.15) is 52.3 Å². The molecule has 1 rings (SSSR count). The summed E-state index contributed by atoms with van der Waals surface area (Å²) in [4.78, 5) is 4.33. The van der Waals surface area contributed by atoms with Gasteiger partial charge in [0.15, 0.2) is 0 Å². The SMILES string of the molecule is CCCNC(C)CCCc1ncnn1CCC.